The van der Waals surface area contributed by atoms with Crippen LogP contribution in [0.25, 0.3) is 0 Å². The number of carboxylic acids is 1. The lowest BCUT2D eigenvalue weighted by Crippen LogP contribution is -2.34. The SMILES string of the molecule is CC(C(=O)O)C(=O)NCCSCCCO. The molecule has 0 bridgehead atoms. The number of rotatable bonds is 8. The average Bonchev–Trinajstić information content (AvgIpc) is 2.21. The summed E-state index contributed by atoms with van der Waals surface area (Å²) in [5.41, 5.74) is 0. The summed E-state index contributed by atoms with van der Waals surface area (Å²) >= 11 is 1.62. The minimum atomic E-state index is -1.11. The van der Waals surface area contributed by atoms with Crippen molar-refractivity contribution in [3.63, 3.8) is 0 Å². The van der Waals surface area contributed by atoms with Crippen LogP contribution < -0.4 is 5.32 Å². The quantitative estimate of drug-likeness (QED) is 0.405. The van der Waals surface area contributed by atoms with E-state index in [0.717, 1.165) is 17.9 Å². The molecule has 0 aromatic heterocycles. The van der Waals surface area contributed by atoms with Gasteiger partial charge in [-0.15, -0.1) is 0 Å². The number of aliphatic carboxylic acids is 1. The van der Waals surface area contributed by atoms with Crippen LogP contribution in [0.2, 0.25) is 0 Å². The number of hydrogen-bond donors (Lipinski definition) is 3. The molecule has 0 aliphatic heterocycles. The predicted octanol–water partition coefficient (Wildman–Crippen LogP) is -0.0611. The van der Waals surface area contributed by atoms with E-state index < -0.39 is 17.8 Å². The summed E-state index contributed by atoms with van der Waals surface area (Å²) in [6.45, 7) is 2.00. The number of aliphatic hydroxyl groups excluding tert-OH is 1. The Morgan fingerprint density at radius 3 is 2.60 bits per heavy atom. The fraction of sp³-hybridized carbons (Fsp3) is 0.778. The maximum Gasteiger partial charge on any atom is 0.315 e. The fourth-order valence-electron chi connectivity index (χ4n) is 0.780. The summed E-state index contributed by atoms with van der Waals surface area (Å²) < 4.78 is 0. The molecule has 0 saturated carbocycles. The van der Waals surface area contributed by atoms with E-state index in [1.165, 1.54) is 6.92 Å². The van der Waals surface area contributed by atoms with Crippen molar-refractivity contribution in [1.82, 2.24) is 5.32 Å². The molecule has 0 aromatic rings. The van der Waals surface area contributed by atoms with Gasteiger partial charge in [-0.05, 0) is 19.1 Å². The molecule has 0 aliphatic rings. The van der Waals surface area contributed by atoms with Crippen LogP contribution in [0.1, 0.15) is 13.3 Å². The molecule has 0 fully saturated rings. The van der Waals surface area contributed by atoms with Gasteiger partial charge in [0.15, 0.2) is 0 Å². The molecular weight excluding hydrogens is 218 g/mol. The van der Waals surface area contributed by atoms with Crippen molar-refractivity contribution in [3.05, 3.63) is 0 Å². The Labute approximate surface area is 93.2 Å². The van der Waals surface area contributed by atoms with E-state index in [-0.39, 0.29) is 6.61 Å². The lowest BCUT2D eigenvalue weighted by atomic mass is 10.2. The van der Waals surface area contributed by atoms with Crippen LogP contribution in [-0.2, 0) is 9.59 Å². The molecule has 0 aliphatic carbocycles. The highest BCUT2D eigenvalue weighted by molar-refractivity contribution is 7.99. The van der Waals surface area contributed by atoms with Crippen LogP contribution in [0.3, 0.4) is 0 Å². The fourth-order valence-corrected chi connectivity index (χ4v) is 1.56. The van der Waals surface area contributed by atoms with Crippen molar-refractivity contribution < 1.29 is 19.8 Å². The molecule has 1 unspecified atom stereocenters. The minimum Gasteiger partial charge on any atom is -0.481 e. The van der Waals surface area contributed by atoms with Crippen LogP contribution in [0.5, 0.6) is 0 Å². The second kappa shape index (κ2) is 8.55. The molecule has 1 atom stereocenters. The Bertz CT molecular complexity index is 210. The molecule has 88 valence electrons. The van der Waals surface area contributed by atoms with Crippen LogP contribution in [0.4, 0.5) is 0 Å². The first-order valence-electron chi connectivity index (χ1n) is 4.78. The van der Waals surface area contributed by atoms with Gasteiger partial charge in [-0.25, -0.2) is 0 Å². The first-order valence-corrected chi connectivity index (χ1v) is 5.94. The highest BCUT2D eigenvalue weighted by Gasteiger charge is 2.19. The zero-order valence-electron chi connectivity index (χ0n) is 8.73. The van der Waals surface area contributed by atoms with Gasteiger partial charge < -0.3 is 15.5 Å². The molecule has 5 nitrogen and oxygen atoms in total. The number of carboxylic acid groups (broad SMARTS) is 1. The third-order valence-electron chi connectivity index (χ3n) is 1.76. The van der Waals surface area contributed by atoms with Crippen LogP contribution in [-0.4, -0.2) is 46.7 Å². The second-order valence-electron chi connectivity index (χ2n) is 3.04. The van der Waals surface area contributed by atoms with Gasteiger partial charge in [0, 0.05) is 18.9 Å². The van der Waals surface area contributed by atoms with Crippen LogP contribution in [0.15, 0.2) is 0 Å². The Morgan fingerprint density at radius 2 is 2.07 bits per heavy atom. The summed E-state index contributed by atoms with van der Waals surface area (Å²) in [5, 5.41) is 19.6. The van der Waals surface area contributed by atoms with E-state index in [1.807, 2.05) is 0 Å². The monoisotopic (exact) mass is 235 g/mol. The first kappa shape index (κ1) is 14.2. The summed E-state index contributed by atoms with van der Waals surface area (Å²) in [4.78, 5) is 21.6. The maximum absolute atomic E-state index is 11.1. The highest BCUT2D eigenvalue weighted by Crippen LogP contribution is 2.00. The number of amides is 1. The van der Waals surface area contributed by atoms with Gasteiger partial charge >= 0.3 is 5.97 Å². The average molecular weight is 235 g/mol. The minimum absolute atomic E-state index is 0.176. The third kappa shape index (κ3) is 7.21. The Hall–Kier alpha value is -0.750. The third-order valence-corrected chi connectivity index (χ3v) is 2.83. The molecule has 0 radical (unpaired) electrons. The van der Waals surface area contributed by atoms with Gasteiger partial charge in [-0.2, -0.15) is 11.8 Å². The molecule has 3 N–H and O–H groups in total. The van der Waals surface area contributed by atoms with Gasteiger partial charge in [0.25, 0.3) is 0 Å². The molecule has 0 spiro atoms. The van der Waals surface area contributed by atoms with Gasteiger partial charge in [0.2, 0.25) is 5.91 Å². The van der Waals surface area contributed by atoms with Gasteiger partial charge in [-0.3, -0.25) is 9.59 Å². The van der Waals surface area contributed by atoms with Crippen molar-refractivity contribution in [2.45, 2.75) is 13.3 Å². The standard InChI is InChI=1S/C9H17NO4S/c1-7(9(13)14)8(12)10-3-6-15-5-2-4-11/h7,11H,2-6H2,1H3,(H,10,12)(H,13,14). The summed E-state index contributed by atoms with van der Waals surface area (Å²) in [5.74, 6) is -0.975. The van der Waals surface area contributed by atoms with E-state index in [9.17, 15) is 9.59 Å². The molecular formula is C9H17NO4S. The van der Waals surface area contributed by atoms with Crippen LogP contribution >= 0.6 is 11.8 Å². The number of carbonyl (C=O) groups is 2. The smallest absolute Gasteiger partial charge is 0.315 e. The summed E-state index contributed by atoms with van der Waals surface area (Å²) in [6.07, 6.45) is 0.740. The molecule has 0 heterocycles. The van der Waals surface area contributed by atoms with E-state index >= 15 is 0 Å². The normalized spacial score (nSPS) is 12.1. The lowest BCUT2D eigenvalue weighted by Gasteiger charge is -2.07. The van der Waals surface area contributed by atoms with E-state index in [1.54, 1.807) is 11.8 Å². The zero-order chi connectivity index (χ0) is 11.7. The Morgan fingerprint density at radius 1 is 1.40 bits per heavy atom. The zero-order valence-corrected chi connectivity index (χ0v) is 9.55. The summed E-state index contributed by atoms with van der Waals surface area (Å²) in [7, 11) is 0. The number of carbonyl (C=O) groups excluding carboxylic acids is 1. The van der Waals surface area contributed by atoms with Crippen molar-refractivity contribution in [2.24, 2.45) is 5.92 Å². The molecule has 15 heavy (non-hydrogen) atoms. The molecule has 0 rings (SSSR count). The second-order valence-corrected chi connectivity index (χ2v) is 4.27. The first-order chi connectivity index (χ1) is 7.09. The van der Waals surface area contributed by atoms with E-state index in [2.05, 4.69) is 5.32 Å². The van der Waals surface area contributed by atoms with Crippen molar-refractivity contribution >= 4 is 23.6 Å². The predicted molar refractivity (Wildman–Crippen MR) is 58.8 cm³/mol. The molecule has 1 amide bonds. The molecule has 0 saturated heterocycles. The summed E-state index contributed by atoms with van der Waals surface area (Å²) in [6, 6.07) is 0. The van der Waals surface area contributed by atoms with Crippen LogP contribution in [0, 0.1) is 5.92 Å². The van der Waals surface area contributed by atoms with Crippen molar-refractivity contribution in [2.75, 3.05) is 24.7 Å². The molecule has 0 aromatic carbocycles. The number of nitrogens with one attached hydrogen (secondary N) is 1. The van der Waals surface area contributed by atoms with Crippen molar-refractivity contribution in [1.29, 1.82) is 0 Å². The van der Waals surface area contributed by atoms with Crippen molar-refractivity contribution in [3.8, 4) is 0 Å². The van der Waals surface area contributed by atoms with E-state index in [4.69, 9.17) is 10.2 Å². The van der Waals surface area contributed by atoms with Gasteiger partial charge in [-0.1, -0.05) is 0 Å². The topological polar surface area (TPSA) is 86.6 Å². The molecule has 6 heteroatoms. The van der Waals surface area contributed by atoms with Gasteiger partial charge in [0.05, 0.1) is 0 Å². The van der Waals surface area contributed by atoms with Gasteiger partial charge in [0.1, 0.15) is 5.92 Å². The Balaban J connectivity index is 3.43. The number of aliphatic hydroxyl groups is 1. The Kier molecular flexibility index (Phi) is 8.12. The number of thioether (sulfide) groups is 1. The number of hydrogen-bond acceptors (Lipinski definition) is 4. The van der Waals surface area contributed by atoms with E-state index in [0.29, 0.717) is 6.54 Å². The lowest BCUT2D eigenvalue weighted by molar-refractivity contribution is -0.146. The largest absolute Gasteiger partial charge is 0.481 e. The highest BCUT2D eigenvalue weighted by atomic mass is 32.2. The maximum atomic E-state index is 11.1.